The van der Waals surface area contributed by atoms with E-state index in [0.717, 1.165) is 12.5 Å². The van der Waals surface area contributed by atoms with Gasteiger partial charge in [0.05, 0.1) is 16.1 Å². The van der Waals surface area contributed by atoms with Crippen LogP contribution in [0.1, 0.15) is 6.42 Å². The van der Waals surface area contributed by atoms with Gasteiger partial charge in [-0.05, 0) is 0 Å². The molecule has 0 amide bonds. The Bertz CT molecular complexity index is 469. The Morgan fingerprint density at radius 3 is 1.52 bits per heavy atom. The normalized spacial score (nSPS) is 13.4. The number of rotatable bonds is 9. The Balaban J connectivity index is 2.72. The molecular formula is C17H34O3Si3. The molecule has 1 aromatic rings. The van der Waals surface area contributed by atoms with Crippen molar-refractivity contribution in [3.63, 3.8) is 0 Å². The first-order valence-corrected chi connectivity index (χ1v) is 17.0. The molecule has 1 aromatic carbocycles. The van der Waals surface area contributed by atoms with Crippen LogP contribution in [0.25, 0.3) is 0 Å². The molecule has 0 spiro atoms. The molecule has 0 bridgehead atoms. The largest absolute Gasteiger partial charge is 0.500 e. The summed E-state index contributed by atoms with van der Waals surface area (Å²) in [4.78, 5) is 0. The minimum Gasteiger partial charge on any atom is -0.377 e. The Labute approximate surface area is 145 Å². The maximum absolute atomic E-state index is 5.52. The molecule has 0 atom stereocenters. The van der Waals surface area contributed by atoms with Gasteiger partial charge in [-0.2, -0.15) is 0 Å². The molecule has 132 valence electrons. The predicted octanol–water partition coefficient (Wildman–Crippen LogP) is 3.42. The summed E-state index contributed by atoms with van der Waals surface area (Å²) in [6.45, 7) is 12.1. The van der Waals surface area contributed by atoms with Gasteiger partial charge in [-0.1, -0.05) is 79.8 Å². The SMILES string of the molecule is CO[Si](CCC[Si](C)(C)c1ccc([Si](C)(C)C)cc1)(OC)OC. The fourth-order valence-corrected chi connectivity index (χ4v) is 8.53. The van der Waals surface area contributed by atoms with Crippen LogP contribution in [0.2, 0.25) is 44.8 Å². The Hall–Kier alpha value is -0.249. The monoisotopic (exact) mass is 370 g/mol. The summed E-state index contributed by atoms with van der Waals surface area (Å²) < 4.78 is 16.6. The second kappa shape index (κ2) is 8.22. The lowest BCUT2D eigenvalue weighted by Crippen LogP contribution is -2.45. The Kier molecular flexibility index (Phi) is 7.43. The van der Waals surface area contributed by atoms with Gasteiger partial charge in [0.25, 0.3) is 0 Å². The highest BCUT2D eigenvalue weighted by Gasteiger charge is 2.38. The average molecular weight is 371 g/mol. The summed E-state index contributed by atoms with van der Waals surface area (Å²) >= 11 is 0. The van der Waals surface area contributed by atoms with Crippen LogP contribution in [0, 0.1) is 0 Å². The van der Waals surface area contributed by atoms with Crippen molar-refractivity contribution in [3.05, 3.63) is 24.3 Å². The van der Waals surface area contributed by atoms with E-state index in [1.165, 1.54) is 11.2 Å². The summed E-state index contributed by atoms with van der Waals surface area (Å²) in [5.41, 5.74) is 0. The van der Waals surface area contributed by atoms with Gasteiger partial charge in [0, 0.05) is 27.4 Å². The third-order valence-corrected chi connectivity index (χ3v) is 13.1. The van der Waals surface area contributed by atoms with Crippen molar-refractivity contribution in [2.45, 2.75) is 51.2 Å². The van der Waals surface area contributed by atoms with E-state index in [1.807, 2.05) is 0 Å². The number of hydrogen-bond acceptors (Lipinski definition) is 3. The minimum absolute atomic E-state index is 0.889. The maximum atomic E-state index is 5.52. The van der Waals surface area contributed by atoms with Crippen LogP contribution in [-0.4, -0.2) is 46.3 Å². The molecule has 0 aliphatic carbocycles. The van der Waals surface area contributed by atoms with Gasteiger partial charge >= 0.3 is 8.80 Å². The lowest BCUT2D eigenvalue weighted by molar-refractivity contribution is 0.123. The lowest BCUT2D eigenvalue weighted by Gasteiger charge is -2.28. The van der Waals surface area contributed by atoms with Crippen molar-refractivity contribution in [3.8, 4) is 0 Å². The van der Waals surface area contributed by atoms with Crippen molar-refractivity contribution in [2.24, 2.45) is 0 Å². The Morgan fingerprint density at radius 1 is 0.696 bits per heavy atom. The van der Waals surface area contributed by atoms with E-state index in [4.69, 9.17) is 13.3 Å². The molecule has 0 aliphatic rings. The van der Waals surface area contributed by atoms with Crippen LogP contribution in [-0.2, 0) is 13.3 Å². The predicted molar refractivity (Wildman–Crippen MR) is 108 cm³/mol. The van der Waals surface area contributed by atoms with E-state index in [0.29, 0.717) is 0 Å². The molecule has 0 saturated heterocycles. The quantitative estimate of drug-likeness (QED) is 0.623. The zero-order valence-corrected chi connectivity index (χ0v) is 19.2. The molecular weight excluding hydrogens is 336 g/mol. The number of benzene rings is 1. The fourth-order valence-electron chi connectivity index (χ4n) is 2.87. The van der Waals surface area contributed by atoms with Crippen LogP contribution in [0.4, 0.5) is 0 Å². The molecule has 0 unspecified atom stereocenters. The summed E-state index contributed by atoms with van der Waals surface area (Å²) in [6.07, 6.45) is 1.09. The van der Waals surface area contributed by atoms with E-state index in [9.17, 15) is 0 Å². The third kappa shape index (κ3) is 5.65. The second-order valence-electron chi connectivity index (χ2n) is 7.86. The summed E-state index contributed by atoms with van der Waals surface area (Å²) in [5.74, 6) is 0. The molecule has 0 fully saturated rings. The molecule has 23 heavy (non-hydrogen) atoms. The van der Waals surface area contributed by atoms with Gasteiger partial charge in [-0.15, -0.1) is 0 Å². The van der Waals surface area contributed by atoms with E-state index in [2.05, 4.69) is 57.0 Å². The van der Waals surface area contributed by atoms with Gasteiger partial charge in [0.1, 0.15) is 0 Å². The van der Waals surface area contributed by atoms with E-state index < -0.39 is 25.0 Å². The Morgan fingerprint density at radius 2 is 1.13 bits per heavy atom. The summed E-state index contributed by atoms with van der Waals surface area (Å²) in [5, 5.41) is 3.08. The van der Waals surface area contributed by atoms with Crippen LogP contribution in [0.3, 0.4) is 0 Å². The minimum atomic E-state index is -2.42. The van der Waals surface area contributed by atoms with Crippen molar-refractivity contribution < 1.29 is 13.3 Å². The highest BCUT2D eigenvalue weighted by molar-refractivity contribution is 6.90. The third-order valence-electron chi connectivity index (χ3n) is 4.75. The van der Waals surface area contributed by atoms with Crippen LogP contribution in [0.5, 0.6) is 0 Å². The molecule has 1 rings (SSSR count). The van der Waals surface area contributed by atoms with Crippen LogP contribution >= 0.6 is 0 Å². The number of hydrogen-bond donors (Lipinski definition) is 0. The lowest BCUT2D eigenvalue weighted by atomic mass is 10.4. The fraction of sp³-hybridized carbons (Fsp3) is 0.647. The molecule has 6 heteroatoms. The first-order valence-electron chi connectivity index (χ1n) is 8.37. The van der Waals surface area contributed by atoms with E-state index in [1.54, 1.807) is 26.5 Å². The first-order chi connectivity index (χ1) is 10.6. The summed E-state index contributed by atoms with van der Waals surface area (Å²) in [6, 6.07) is 11.6. The molecule has 0 saturated carbocycles. The summed E-state index contributed by atoms with van der Waals surface area (Å²) in [7, 11) is 0.0125. The highest BCUT2D eigenvalue weighted by atomic mass is 28.4. The molecule has 0 N–H and O–H groups in total. The van der Waals surface area contributed by atoms with Crippen molar-refractivity contribution >= 4 is 35.3 Å². The standard InChI is InChI=1S/C17H34O3Si3/c1-18-23(19-2,20-3)15-9-14-22(7,8)17-12-10-16(11-13-17)21(4,5)6/h10-13H,9,14-15H2,1-8H3. The van der Waals surface area contributed by atoms with Crippen LogP contribution < -0.4 is 10.4 Å². The van der Waals surface area contributed by atoms with Crippen molar-refractivity contribution in [1.82, 2.24) is 0 Å². The molecule has 0 radical (unpaired) electrons. The second-order valence-corrected chi connectivity index (χ2v) is 20.9. The van der Waals surface area contributed by atoms with Gasteiger partial charge in [-0.3, -0.25) is 0 Å². The van der Waals surface area contributed by atoms with Crippen molar-refractivity contribution in [2.75, 3.05) is 21.3 Å². The van der Waals surface area contributed by atoms with E-state index >= 15 is 0 Å². The van der Waals surface area contributed by atoms with Gasteiger partial charge in [-0.25, -0.2) is 0 Å². The van der Waals surface area contributed by atoms with Crippen molar-refractivity contribution in [1.29, 1.82) is 0 Å². The molecule has 3 nitrogen and oxygen atoms in total. The first kappa shape index (κ1) is 20.8. The average Bonchev–Trinajstić information content (AvgIpc) is 2.51. The van der Waals surface area contributed by atoms with Gasteiger partial charge < -0.3 is 13.3 Å². The van der Waals surface area contributed by atoms with E-state index in [-0.39, 0.29) is 0 Å². The zero-order valence-electron chi connectivity index (χ0n) is 16.2. The maximum Gasteiger partial charge on any atom is 0.500 e. The topological polar surface area (TPSA) is 27.7 Å². The molecule has 0 heterocycles. The van der Waals surface area contributed by atoms with Gasteiger partial charge in [0.15, 0.2) is 0 Å². The highest BCUT2D eigenvalue weighted by Crippen LogP contribution is 2.21. The zero-order chi connectivity index (χ0) is 17.7. The van der Waals surface area contributed by atoms with Gasteiger partial charge in [0.2, 0.25) is 0 Å². The van der Waals surface area contributed by atoms with Crippen LogP contribution in [0.15, 0.2) is 24.3 Å². The molecule has 0 aromatic heterocycles. The molecule has 0 aliphatic heterocycles. The smallest absolute Gasteiger partial charge is 0.377 e.